The maximum absolute atomic E-state index is 11.6. The minimum Gasteiger partial charge on any atom is -0.351 e. The number of hydrogen-bond acceptors (Lipinski definition) is 2. The Kier molecular flexibility index (Phi) is 19.0. The van der Waals surface area contributed by atoms with Gasteiger partial charge in [-0.1, -0.05) is 78.2 Å². The lowest BCUT2D eigenvalue weighted by Crippen LogP contribution is -2.27. The van der Waals surface area contributed by atoms with Crippen LogP contribution in [0.15, 0.2) is 11.6 Å². The third kappa shape index (κ3) is 18.3. The van der Waals surface area contributed by atoms with E-state index in [9.17, 15) is 4.79 Å². The van der Waals surface area contributed by atoms with E-state index in [2.05, 4.69) is 33.0 Å². The zero-order valence-corrected chi connectivity index (χ0v) is 18.8. The minimum atomic E-state index is -0.0116. The first-order valence-electron chi connectivity index (χ1n) is 10.5. The molecule has 0 aliphatic rings. The molecular weight excluding hydrogens is 344 g/mol. The van der Waals surface area contributed by atoms with Gasteiger partial charge in [-0.25, -0.2) is 0 Å². The molecular formula is C22H45ClN2O. The monoisotopic (exact) mass is 388 g/mol. The molecule has 0 aromatic heterocycles. The fourth-order valence-electron chi connectivity index (χ4n) is 3.25. The van der Waals surface area contributed by atoms with E-state index >= 15 is 0 Å². The van der Waals surface area contributed by atoms with Crippen molar-refractivity contribution in [2.24, 2.45) is 23.5 Å². The van der Waals surface area contributed by atoms with Crippen molar-refractivity contribution in [2.75, 3.05) is 13.1 Å². The molecule has 1 amide bonds. The van der Waals surface area contributed by atoms with Crippen LogP contribution in [0.25, 0.3) is 0 Å². The maximum Gasteiger partial charge on any atom is 0.243 e. The van der Waals surface area contributed by atoms with Gasteiger partial charge < -0.3 is 11.1 Å². The number of allylic oxidation sites excluding steroid dienone is 1. The molecule has 0 saturated heterocycles. The Morgan fingerprint density at radius 3 is 1.92 bits per heavy atom. The summed E-state index contributed by atoms with van der Waals surface area (Å²) in [6, 6.07) is 0. The van der Waals surface area contributed by atoms with Gasteiger partial charge in [0.1, 0.15) is 0 Å². The number of hydrogen-bond donors (Lipinski definition) is 2. The first kappa shape index (κ1) is 27.7. The van der Waals surface area contributed by atoms with Crippen molar-refractivity contribution in [1.82, 2.24) is 5.32 Å². The van der Waals surface area contributed by atoms with Crippen molar-refractivity contribution in [3.8, 4) is 0 Å². The maximum atomic E-state index is 11.6. The Morgan fingerprint density at radius 2 is 1.42 bits per heavy atom. The lowest BCUT2D eigenvalue weighted by atomic mass is 9.91. The first-order chi connectivity index (χ1) is 11.8. The topological polar surface area (TPSA) is 55.1 Å². The molecule has 3 N–H and O–H groups in total. The molecule has 0 aliphatic heterocycles. The molecule has 2 atom stereocenters. The highest BCUT2D eigenvalue weighted by Crippen LogP contribution is 2.21. The lowest BCUT2D eigenvalue weighted by Gasteiger charge is -2.15. The SMILES string of the molecule is C/C(=C\C(=O)NCCN)CCCC(C)CCCC(C)CCCC(C)C.Cl. The van der Waals surface area contributed by atoms with Crippen LogP contribution >= 0.6 is 12.4 Å². The van der Waals surface area contributed by atoms with Gasteiger partial charge in [0.25, 0.3) is 0 Å². The standard InChI is InChI=1S/C22H44N2O.ClH/c1-18(2)9-6-10-19(3)11-7-12-20(4)13-8-14-21(5)17-22(25)24-16-15-23;/h17-20H,6-16,23H2,1-5H3,(H,24,25);1H/b21-17+;. The molecule has 0 aliphatic carbocycles. The Morgan fingerprint density at radius 1 is 0.923 bits per heavy atom. The lowest BCUT2D eigenvalue weighted by molar-refractivity contribution is -0.116. The van der Waals surface area contributed by atoms with Gasteiger partial charge in [-0.05, 0) is 37.5 Å². The fraction of sp³-hybridized carbons (Fsp3) is 0.864. The highest BCUT2D eigenvalue weighted by molar-refractivity contribution is 5.88. The number of nitrogens with two attached hydrogens (primary N) is 1. The van der Waals surface area contributed by atoms with Crippen LogP contribution in [0, 0.1) is 17.8 Å². The second-order valence-electron chi connectivity index (χ2n) is 8.43. The van der Waals surface area contributed by atoms with Crippen molar-refractivity contribution in [1.29, 1.82) is 0 Å². The molecule has 0 rings (SSSR count). The van der Waals surface area contributed by atoms with E-state index < -0.39 is 0 Å². The molecule has 2 unspecified atom stereocenters. The molecule has 0 spiro atoms. The summed E-state index contributed by atoms with van der Waals surface area (Å²) < 4.78 is 0. The van der Waals surface area contributed by atoms with Crippen molar-refractivity contribution in [3.63, 3.8) is 0 Å². The molecule has 0 saturated carbocycles. The Balaban J connectivity index is 0. The largest absolute Gasteiger partial charge is 0.351 e. The number of carbonyl (C=O) groups is 1. The minimum absolute atomic E-state index is 0. The van der Waals surface area contributed by atoms with Gasteiger partial charge in [0.15, 0.2) is 0 Å². The Labute approximate surface area is 169 Å². The van der Waals surface area contributed by atoms with Crippen LogP contribution in [0.1, 0.15) is 92.4 Å². The summed E-state index contributed by atoms with van der Waals surface area (Å²) >= 11 is 0. The average Bonchev–Trinajstić information content (AvgIpc) is 2.52. The van der Waals surface area contributed by atoms with Crippen LogP contribution in [0.3, 0.4) is 0 Å². The van der Waals surface area contributed by atoms with Crippen molar-refractivity contribution >= 4 is 18.3 Å². The summed E-state index contributed by atoms with van der Waals surface area (Å²) in [5, 5.41) is 2.78. The van der Waals surface area contributed by atoms with Crippen LogP contribution in [0.2, 0.25) is 0 Å². The molecule has 0 fully saturated rings. The average molecular weight is 389 g/mol. The summed E-state index contributed by atoms with van der Waals surface area (Å²) in [4.78, 5) is 11.6. The third-order valence-corrected chi connectivity index (χ3v) is 4.96. The van der Waals surface area contributed by atoms with E-state index in [1.54, 1.807) is 6.08 Å². The Hall–Kier alpha value is -0.540. The van der Waals surface area contributed by atoms with Crippen LogP contribution in [-0.4, -0.2) is 19.0 Å². The molecule has 0 radical (unpaired) electrons. The summed E-state index contributed by atoms with van der Waals surface area (Å²) in [5.41, 5.74) is 6.55. The molecule has 26 heavy (non-hydrogen) atoms. The number of halogens is 1. The smallest absolute Gasteiger partial charge is 0.243 e. The number of rotatable bonds is 15. The van der Waals surface area contributed by atoms with Crippen LogP contribution in [0.4, 0.5) is 0 Å². The van der Waals surface area contributed by atoms with E-state index in [0.717, 1.165) is 24.2 Å². The quantitative estimate of drug-likeness (QED) is 0.345. The molecule has 0 aromatic carbocycles. The predicted molar refractivity (Wildman–Crippen MR) is 118 cm³/mol. The van der Waals surface area contributed by atoms with E-state index in [4.69, 9.17) is 5.73 Å². The van der Waals surface area contributed by atoms with Gasteiger partial charge in [0.2, 0.25) is 5.91 Å². The molecule has 156 valence electrons. The highest BCUT2D eigenvalue weighted by Gasteiger charge is 2.07. The number of amides is 1. The van der Waals surface area contributed by atoms with Crippen LogP contribution in [-0.2, 0) is 4.79 Å². The zero-order chi connectivity index (χ0) is 19.1. The van der Waals surface area contributed by atoms with Gasteiger partial charge >= 0.3 is 0 Å². The van der Waals surface area contributed by atoms with Crippen molar-refractivity contribution in [2.45, 2.75) is 92.4 Å². The highest BCUT2D eigenvalue weighted by atomic mass is 35.5. The van der Waals surface area contributed by atoms with Gasteiger partial charge in [-0.2, -0.15) is 0 Å². The van der Waals surface area contributed by atoms with E-state index in [0.29, 0.717) is 13.1 Å². The number of nitrogens with one attached hydrogen (secondary N) is 1. The summed E-state index contributed by atoms with van der Waals surface area (Å²) in [6.45, 7) is 12.5. The van der Waals surface area contributed by atoms with E-state index in [-0.39, 0.29) is 18.3 Å². The molecule has 4 heteroatoms. The van der Waals surface area contributed by atoms with Crippen molar-refractivity contribution < 1.29 is 4.79 Å². The Bertz CT molecular complexity index is 369. The predicted octanol–water partition coefficient (Wildman–Crippen LogP) is 5.87. The van der Waals surface area contributed by atoms with Gasteiger partial charge in [0, 0.05) is 19.2 Å². The third-order valence-electron chi connectivity index (χ3n) is 4.96. The van der Waals surface area contributed by atoms with Crippen LogP contribution in [0.5, 0.6) is 0 Å². The molecule has 0 bridgehead atoms. The summed E-state index contributed by atoms with van der Waals surface area (Å²) in [7, 11) is 0. The first-order valence-corrected chi connectivity index (χ1v) is 10.5. The van der Waals surface area contributed by atoms with E-state index in [1.165, 1.54) is 56.9 Å². The fourth-order valence-corrected chi connectivity index (χ4v) is 3.25. The summed E-state index contributed by atoms with van der Waals surface area (Å²) in [6.07, 6.45) is 13.4. The van der Waals surface area contributed by atoms with Crippen molar-refractivity contribution in [3.05, 3.63) is 11.6 Å². The second-order valence-corrected chi connectivity index (χ2v) is 8.43. The normalized spacial score (nSPS) is 14.0. The second kappa shape index (κ2) is 17.9. The van der Waals surface area contributed by atoms with E-state index in [1.807, 2.05) is 6.92 Å². The van der Waals surface area contributed by atoms with Crippen LogP contribution < -0.4 is 11.1 Å². The zero-order valence-electron chi connectivity index (χ0n) is 18.0. The molecule has 0 aromatic rings. The molecule has 3 nitrogen and oxygen atoms in total. The summed E-state index contributed by atoms with van der Waals surface area (Å²) in [5.74, 6) is 2.50. The molecule has 0 heterocycles. The number of carbonyl (C=O) groups excluding carboxylic acids is 1. The van der Waals surface area contributed by atoms with Gasteiger partial charge in [-0.3, -0.25) is 4.79 Å². The van der Waals surface area contributed by atoms with Gasteiger partial charge in [0.05, 0.1) is 0 Å². The van der Waals surface area contributed by atoms with Gasteiger partial charge in [-0.15, -0.1) is 12.4 Å².